The molecule has 0 heterocycles. The predicted molar refractivity (Wildman–Crippen MR) is 91.5 cm³/mol. The lowest BCUT2D eigenvalue weighted by Gasteiger charge is -2.08. The molecule has 1 aromatic carbocycles. The number of amides is 2. The number of methoxy groups -OCH3 is 1. The molecule has 0 aliphatic rings. The van der Waals surface area contributed by atoms with E-state index in [0.29, 0.717) is 31.8 Å². The summed E-state index contributed by atoms with van der Waals surface area (Å²) in [6.07, 6.45) is 0. The van der Waals surface area contributed by atoms with E-state index in [9.17, 15) is 9.59 Å². The summed E-state index contributed by atoms with van der Waals surface area (Å²) in [5, 5.41) is 8.39. The van der Waals surface area contributed by atoms with Gasteiger partial charge in [-0.15, -0.1) is 12.4 Å². The van der Waals surface area contributed by atoms with Crippen LogP contribution < -0.4 is 16.0 Å². The Kier molecular flexibility index (Phi) is 11.8. The molecule has 2 amide bonds. The van der Waals surface area contributed by atoms with Crippen LogP contribution in [0.1, 0.15) is 10.4 Å². The molecule has 0 aliphatic carbocycles. The first-order valence-corrected chi connectivity index (χ1v) is 7.43. The third-order valence-electron chi connectivity index (χ3n) is 2.59. The van der Waals surface area contributed by atoms with Gasteiger partial charge in [0.1, 0.15) is 0 Å². The number of rotatable bonds is 9. The lowest BCUT2D eigenvalue weighted by atomic mass is 10.2. The van der Waals surface area contributed by atoms with E-state index in [-0.39, 0.29) is 30.8 Å². The number of hydrogen-bond donors (Lipinski definition) is 3. The van der Waals surface area contributed by atoms with E-state index in [0.717, 1.165) is 4.47 Å². The van der Waals surface area contributed by atoms with Crippen molar-refractivity contribution in [2.24, 2.45) is 0 Å². The van der Waals surface area contributed by atoms with Crippen LogP contribution in [0.25, 0.3) is 0 Å². The first-order valence-electron chi connectivity index (χ1n) is 6.63. The second kappa shape index (κ2) is 12.4. The molecule has 22 heavy (non-hydrogen) atoms. The van der Waals surface area contributed by atoms with Gasteiger partial charge < -0.3 is 20.7 Å². The van der Waals surface area contributed by atoms with Crippen LogP contribution in [0.4, 0.5) is 0 Å². The summed E-state index contributed by atoms with van der Waals surface area (Å²) in [5.74, 6) is -0.272. The second-order valence-electron chi connectivity index (χ2n) is 4.29. The average Bonchev–Trinajstić information content (AvgIpc) is 2.48. The smallest absolute Gasteiger partial charge is 0.251 e. The van der Waals surface area contributed by atoms with E-state index in [2.05, 4.69) is 31.9 Å². The van der Waals surface area contributed by atoms with Crippen molar-refractivity contribution in [3.05, 3.63) is 34.3 Å². The van der Waals surface area contributed by atoms with E-state index in [1.54, 1.807) is 25.3 Å². The van der Waals surface area contributed by atoms with Crippen LogP contribution in [0.5, 0.6) is 0 Å². The minimum atomic E-state index is -0.163. The fourth-order valence-corrected chi connectivity index (χ4v) is 1.95. The lowest BCUT2D eigenvalue weighted by Crippen LogP contribution is -2.39. The number of carbonyl (C=O) groups excluding carboxylic acids is 2. The Morgan fingerprint density at radius 1 is 1.18 bits per heavy atom. The topological polar surface area (TPSA) is 79.5 Å². The lowest BCUT2D eigenvalue weighted by molar-refractivity contribution is -0.120. The normalized spacial score (nSPS) is 9.73. The van der Waals surface area contributed by atoms with Gasteiger partial charge in [0, 0.05) is 36.8 Å². The van der Waals surface area contributed by atoms with Crippen molar-refractivity contribution in [2.45, 2.75) is 0 Å². The van der Waals surface area contributed by atoms with Crippen molar-refractivity contribution in [1.82, 2.24) is 16.0 Å². The maximum atomic E-state index is 11.8. The SMILES string of the molecule is COCCNCC(=O)NCCNC(=O)c1cccc(Br)c1.Cl. The highest BCUT2D eigenvalue weighted by molar-refractivity contribution is 9.10. The van der Waals surface area contributed by atoms with Crippen molar-refractivity contribution in [3.63, 3.8) is 0 Å². The predicted octanol–water partition coefficient (Wildman–Crippen LogP) is 0.953. The molecule has 0 unspecified atom stereocenters. The quantitative estimate of drug-likeness (QED) is 0.545. The highest BCUT2D eigenvalue weighted by Crippen LogP contribution is 2.11. The number of nitrogens with one attached hydrogen (secondary N) is 3. The molecule has 0 saturated carbocycles. The zero-order valence-corrected chi connectivity index (χ0v) is 14.8. The maximum Gasteiger partial charge on any atom is 0.251 e. The molecule has 0 radical (unpaired) electrons. The summed E-state index contributed by atoms with van der Waals surface area (Å²) in [5.41, 5.74) is 0.580. The van der Waals surface area contributed by atoms with Crippen molar-refractivity contribution in [3.8, 4) is 0 Å². The maximum absolute atomic E-state index is 11.8. The first-order chi connectivity index (χ1) is 10.1. The fourth-order valence-electron chi connectivity index (χ4n) is 1.55. The minimum Gasteiger partial charge on any atom is -0.383 e. The summed E-state index contributed by atoms with van der Waals surface area (Å²) < 4.78 is 5.71. The Morgan fingerprint density at radius 3 is 2.59 bits per heavy atom. The largest absolute Gasteiger partial charge is 0.383 e. The summed E-state index contributed by atoms with van der Waals surface area (Å²) >= 11 is 3.31. The van der Waals surface area contributed by atoms with Crippen molar-refractivity contribution in [1.29, 1.82) is 0 Å². The Hall–Kier alpha value is -1.15. The molecule has 0 aliphatic heterocycles. The van der Waals surface area contributed by atoms with Crippen molar-refractivity contribution >= 4 is 40.2 Å². The van der Waals surface area contributed by atoms with E-state index < -0.39 is 0 Å². The van der Waals surface area contributed by atoms with Crippen LogP contribution in [0.2, 0.25) is 0 Å². The van der Waals surface area contributed by atoms with Crippen LogP contribution in [-0.2, 0) is 9.53 Å². The van der Waals surface area contributed by atoms with Gasteiger partial charge in [-0.1, -0.05) is 22.0 Å². The number of halogens is 2. The molecule has 0 fully saturated rings. The highest BCUT2D eigenvalue weighted by atomic mass is 79.9. The van der Waals surface area contributed by atoms with E-state index in [1.165, 1.54) is 0 Å². The van der Waals surface area contributed by atoms with Crippen molar-refractivity contribution < 1.29 is 14.3 Å². The monoisotopic (exact) mass is 393 g/mol. The molecule has 0 spiro atoms. The van der Waals surface area contributed by atoms with Gasteiger partial charge in [-0.25, -0.2) is 0 Å². The van der Waals surface area contributed by atoms with Gasteiger partial charge in [-0.3, -0.25) is 9.59 Å². The Bertz CT molecular complexity index is 474. The third kappa shape index (κ3) is 8.99. The molecule has 0 saturated heterocycles. The molecule has 0 atom stereocenters. The minimum absolute atomic E-state index is 0. The molecule has 1 aromatic rings. The fraction of sp³-hybridized carbons (Fsp3) is 0.429. The number of carbonyl (C=O) groups is 2. The van der Waals surface area contributed by atoms with Crippen molar-refractivity contribution in [2.75, 3.05) is 39.9 Å². The summed E-state index contributed by atoms with van der Waals surface area (Å²) in [6, 6.07) is 7.13. The zero-order chi connectivity index (χ0) is 15.5. The molecule has 1 rings (SSSR count). The standard InChI is InChI=1S/C14H20BrN3O3.ClH/c1-21-8-7-16-10-13(19)17-5-6-18-14(20)11-3-2-4-12(15)9-11;/h2-4,9,16H,5-8,10H2,1H3,(H,17,19)(H,18,20);1H. The van der Waals surface area contributed by atoms with E-state index in [4.69, 9.17) is 4.74 Å². The Morgan fingerprint density at radius 2 is 1.91 bits per heavy atom. The number of benzene rings is 1. The molecular weight excluding hydrogens is 374 g/mol. The second-order valence-corrected chi connectivity index (χ2v) is 5.20. The van der Waals surface area contributed by atoms with Gasteiger partial charge in [0.2, 0.25) is 5.91 Å². The Labute approximate surface area is 144 Å². The van der Waals surface area contributed by atoms with Gasteiger partial charge in [0.05, 0.1) is 13.2 Å². The van der Waals surface area contributed by atoms with Gasteiger partial charge in [-0.2, -0.15) is 0 Å². The van der Waals surface area contributed by atoms with Crippen LogP contribution >= 0.6 is 28.3 Å². The van der Waals surface area contributed by atoms with Crippen LogP contribution in [0.15, 0.2) is 28.7 Å². The van der Waals surface area contributed by atoms with Crippen LogP contribution in [0.3, 0.4) is 0 Å². The zero-order valence-electron chi connectivity index (χ0n) is 12.4. The summed E-state index contributed by atoms with van der Waals surface area (Å²) in [7, 11) is 1.61. The highest BCUT2D eigenvalue weighted by Gasteiger charge is 2.05. The van der Waals surface area contributed by atoms with E-state index >= 15 is 0 Å². The molecule has 3 N–H and O–H groups in total. The van der Waals surface area contributed by atoms with E-state index in [1.807, 2.05) is 6.07 Å². The first kappa shape index (κ1) is 20.9. The average molecular weight is 395 g/mol. The summed E-state index contributed by atoms with van der Waals surface area (Å²) in [4.78, 5) is 23.2. The van der Waals surface area contributed by atoms with Crippen LogP contribution in [-0.4, -0.2) is 51.7 Å². The van der Waals surface area contributed by atoms with Gasteiger partial charge in [-0.05, 0) is 18.2 Å². The van der Waals surface area contributed by atoms with Gasteiger partial charge in [0.25, 0.3) is 5.91 Å². The van der Waals surface area contributed by atoms with Gasteiger partial charge >= 0.3 is 0 Å². The molecular formula is C14H21BrClN3O3. The Balaban J connectivity index is 0.00000441. The number of ether oxygens (including phenoxy) is 1. The summed E-state index contributed by atoms with van der Waals surface area (Å²) in [6.45, 7) is 2.21. The third-order valence-corrected chi connectivity index (χ3v) is 3.08. The molecule has 0 bridgehead atoms. The number of hydrogen-bond acceptors (Lipinski definition) is 4. The van der Waals surface area contributed by atoms with Gasteiger partial charge in [0.15, 0.2) is 0 Å². The molecule has 124 valence electrons. The molecule has 0 aromatic heterocycles. The molecule has 6 nitrogen and oxygen atoms in total. The molecule has 8 heteroatoms. The van der Waals surface area contributed by atoms with Crippen LogP contribution in [0, 0.1) is 0 Å².